The average Bonchev–Trinajstić information content (AvgIpc) is 3.04. The molecule has 2 amide bonds. The van der Waals surface area contributed by atoms with Gasteiger partial charge in [0.15, 0.2) is 6.61 Å². The van der Waals surface area contributed by atoms with Crippen molar-refractivity contribution in [1.29, 1.82) is 0 Å². The van der Waals surface area contributed by atoms with Gasteiger partial charge in [-0.15, -0.1) is 0 Å². The zero-order chi connectivity index (χ0) is 19.1. The van der Waals surface area contributed by atoms with E-state index >= 15 is 0 Å². The molecule has 0 aliphatic rings. The fourth-order valence-corrected chi connectivity index (χ4v) is 2.01. The smallest absolute Gasteiger partial charge is 0.331 e. The minimum absolute atomic E-state index is 0.112. The molecule has 0 unspecified atom stereocenters. The number of non-ortho nitro benzene ring substituents is 1. The molecule has 0 atom stereocenters. The molecule has 0 aliphatic carbocycles. The molecule has 1 aromatic carbocycles. The number of nitrogens with zero attached hydrogens (tertiary/aromatic N) is 2. The van der Waals surface area contributed by atoms with E-state index in [2.05, 4.69) is 5.32 Å². The number of nitro groups is 1. The van der Waals surface area contributed by atoms with Crippen molar-refractivity contribution in [3.63, 3.8) is 0 Å². The highest BCUT2D eigenvalue weighted by Crippen LogP contribution is 2.14. The van der Waals surface area contributed by atoms with Crippen LogP contribution in [0.1, 0.15) is 16.1 Å². The molecule has 9 nitrogen and oxygen atoms in total. The fraction of sp³-hybridized carbons (Fsp3) is 0.118. The van der Waals surface area contributed by atoms with Gasteiger partial charge >= 0.3 is 5.97 Å². The number of nitrogens with one attached hydrogen (secondary N) is 1. The number of carbonyl (C=O) groups is 3. The maximum absolute atomic E-state index is 11.8. The van der Waals surface area contributed by atoms with E-state index in [0.29, 0.717) is 5.56 Å². The molecule has 0 spiro atoms. The van der Waals surface area contributed by atoms with E-state index in [4.69, 9.17) is 4.74 Å². The number of esters is 1. The van der Waals surface area contributed by atoms with Crippen LogP contribution < -0.4 is 5.32 Å². The van der Waals surface area contributed by atoms with Crippen molar-refractivity contribution < 1.29 is 24.0 Å². The van der Waals surface area contributed by atoms with Crippen LogP contribution in [0.4, 0.5) is 5.69 Å². The fourth-order valence-electron chi connectivity index (χ4n) is 2.01. The SMILES string of the molecule is Cn1cccc1C(=O)NC(=O)COC(=O)/C=C/c1cccc([N+](=O)[O-])c1. The number of benzene rings is 1. The lowest BCUT2D eigenvalue weighted by Crippen LogP contribution is -2.34. The van der Waals surface area contributed by atoms with Crippen LogP contribution in [-0.4, -0.2) is 33.9 Å². The lowest BCUT2D eigenvalue weighted by molar-refractivity contribution is -0.384. The number of rotatable bonds is 6. The van der Waals surface area contributed by atoms with Gasteiger partial charge in [0.2, 0.25) is 0 Å². The maximum atomic E-state index is 11.8. The van der Waals surface area contributed by atoms with E-state index in [1.54, 1.807) is 25.4 Å². The lowest BCUT2D eigenvalue weighted by atomic mass is 10.2. The zero-order valence-corrected chi connectivity index (χ0v) is 13.7. The predicted molar refractivity (Wildman–Crippen MR) is 91.0 cm³/mol. The van der Waals surface area contributed by atoms with Crippen molar-refractivity contribution in [2.24, 2.45) is 7.05 Å². The number of amides is 2. The van der Waals surface area contributed by atoms with Gasteiger partial charge in [0, 0.05) is 31.5 Å². The second kappa shape index (κ2) is 8.38. The summed E-state index contributed by atoms with van der Waals surface area (Å²) in [5.74, 6) is -2.20. The highest BCUT2D eigenvalue weighted by molar-refractivity contribution is 6.04. The normalized spacial score (nSPS) is 10.5. The van der Waals surface area contributed by atoms with Crippen molar-refractivity contribution in [3.05, 3.63) is 70.0 Å². The molecule has 1 aromatic heterocycles. The van der Waals surface area contributed by atoms with E-state index in [1.165, 1.54) is 34.9 Å². The molecule has 1 heterocycles. The second-order valence-electron chi connectivity index (χ2n) is 5.17. The van der Waals surface area contributed by atoms with Crippen LogP contribution in [0.5, 0.6) is 0 Å². The van der Waals surface area contributed by atoms with Crippen LogP contribution in [0.3, 0.4) is 0 Å². The van der Waals surface area contributed by atoms with Gasteiger partial charge in [0.05, 0.1) is 4.92 Å². The van der Waals surface area contributed by atoms with Gasteiger partial charge in [-0.2, -0.15) is 0 Å². The minimum Gasteiger partial charge on any atom is -0.452 e. The summed E-state index contributed by atoms with van der Waals surface area (Å²) >= 11 is 0. The molecular formula is C17H15N3O6. The van der Waals surface area contributed by atoms with Gasteiger partial charge in [0.1, 0.15) is 5.69 Å². The molecule has 2 aromatic rings. The Labute approximate surface area is 148 Å². The van der Waals surface area contributed by atoms with E-state index < -0.39 is 29.3 Å². The van der Waals surface area contributed by atoms with E-state index in [-0.39, 0.29) is 11.4 Å². The Balaban J connectivity index is 1.83. The molecule has 0 saturated heterocycles. The van der Waals surface area contributed by atoms with Crippen LogP contribution >= 0.6 is 0 Å². The maximum Gasteiger partial charge on any atom is 0.331 e. The monoisotopic (exact) mass is 357 g/mol. The predicted octanol–water partition coefficient (Wildman–Crippen LogP) is 1.45. The van der Waals surface area contributed by atoms with Gasteiger partial charge in [-0.3, -0.25) is 25.0 Å². The van der Waals surface area contributed by atoms with Crippen LogP contribution in [0.25, 0.3) is 6.08 Å². The largest absolute Gasteiger partial charge is 0.452 e. The first-order valence-corrected chi connectivity index (χ1v) is 7.41. The summed E-state index contributed by atoms with van der Waals surface area (Å²) in [6.45, 7) is -0.631. The zero-order valence-electron chi connectivity index (χ0n) is 13.7. The first-order valence-electron chi connectivity index (χ1n) is 7.41. The van der Waals surface area contributed by atoms with E-state index in [1.807, 2.05) is 0 Å². The first kappa shape index (κ1) is 18.6. The van der Waals surface area contributed by atoms with Crippen LogP contribution in [0, 0.1) is 10.1 Å². The third-order valence-corrected chi connectivity index (χ3v) is 3.27. The van der Waals surface area contributed by atoms with Gasteiger partial charge in [-0.1, -0.05) is 12.1 Å². The molecular weight excluding hydrogens is 342 g/mol. The molecule has 0 radical (unpaired) electrons. The molecule has 134 valence electrons. The summed E-state index contributed by atoms with van der Waals surface area (Å²) in [4.78, 5) is 45.2. The standard InChI is InChI=1S/C17H15N3O6/c1-19-9-3-6-14(19)17(23)18-15(21)11-26-16(22)8-7-12-4-2-5-13(10-12)20(24)25/h2-10H,11H2,1H3,(H,18,21,23)/b8-7+. The van der Waals surface area contributed by atoms with E-state index in [9.17, 15) is 24.5 Å². The number of hydrogen-bond donors (Lipinski definition) is 1. The number of carbonyl (C=O) groups excluding carboxylic acids is 3. The molecule has 1 N–H and O–H groups in total. The van der Waals surface area contributed by atoms with E-state index in [0.717, 1.165) is 6.08 Å². The molecule has 0 fully saturated rings. The number of hydrogen-bond acceptors (Lipinski definition) is 6. The van der Waals surface area contributed by atoms with Crippen molar-refractivity contribution in [3.8, 4) is 0 Å². The third-order valence-electron chi connectivity index (χ3n) is 3.27. The number of imide groups is 1. The number of nitro benzene ring substituents is 1. The summed E-state index contributed by atoms with van der Waals surface area (Å²) in [5.41, 5.74) is 0.605. The van der Waals surface area contributed by atoms with Gasteiger partial charge in [-0.25, -0.2) is 4.79 Å². The van der Waals surface area contributed by atoms with Gasteiger partial charge in [0.25, 0.3) is 17.5 Å². The van der Waals surface area contributed by atoms with Gasteiger partial charge in [-0.05, 0) is 23.8 Å². The molecule has 26 heavy (non-hydrogen) atoms. The topological polar surface area (TPSA) is 121 Å². The molecule has 9 heteroatoms. The van der Waals surface area contributed by atoms with Crippen LogP contribution in [-0.2, 0) is 21.4 Å². The summed E-state index contributed by atoms with van der Waals surface area (Å²) in [6.07, 6.45) is 4.01. The Kier molecular flexibility index (Phi) is 5.99. The number of ether oxygens (including phenoxy) is 1. The molecule has 0 saturated carbocycles. The first-order chi connectivity index (χ1) is 12.4. The number of aromatic nitrogens is 1. The third kappa shape index (κ3) is 5.13. The Morgan fingerprint density at radius 1 is 1.27 bits per heavy atom. The summed E-state index contributed by atoms with van der Waals surface area (Å²) in [7, 11) is 1.65. The van der Waals surface area contributed by atoms with Crippen LogP contribution in [0.15, 0.2) is 48.7 Å². The van der Waals surface area contributed by atoms with Crippen molar-refractivity contribution >= 4 is 29.5 Å². The molecule has 0 aliphatic heterocycles. The summed E-state index contributed by atoms with van der Waals surface area (Å²) in [5, 5.41) is 12.8. The lowest BCUT2D eigenvalue weighted by Gasteiger charge is -2.05. The second-order valence-corrected chi connectivity index (χ2v) is 5.17. The van der Waals surface area contributed by atoms with Gasteiger partial charge < -0.3 is 9.30 Å². The highest BCUT2D eigenvalue weighted by atomic mass is 16.6. The minimum atomic E-state index is -0.821. The summed E-state index contributed by atoms with van der Waals surface area (Å²) < 4.78 is 6.26. The Hall–Kier alpha value is -3.75. The highest BCUT2D eigenvalue weighted by Gasteiger charge is 2.13. The summed E-state index contributed by atoms with van der Waals surface area (Å²) in [6, 6.07) is 8.85. The quantitative estimate of drug-likeness (QED) is 0.361. The molecule has 0 bridgehead atoms. The Bertz CT molecular complexity index is 884. The average molecular weight is 357 g/mol. The van der Waals surface area contributed by atoms with Crippen molar-refractivity contribution in [1.82, 2.24) is 9.88 Å². The van der Waals surface area contributed by atoms with Crippen molar-refractivity contribution in [2.45, 2.75) is 0 Å². The van der Waals surface area contributed by atoms with Crippen LogP contribution in [0.2, 0.25) is 0 Å². The Morgan fingerprint density at radius 2 is 2.04 bits per heavy atom. The molecule has 2 rings (SSSR count). The number of aryl methyl sites for hydroxylation is 1. The Morgan fingerprint density at radius 3 is 2.69 bits per heavy atom. The van der Waals surface area contributed by atoms with Crippen molar-refractivity contribution in [2.75, 3.05) is 6.61 Å².